The topological polar surface area (TPSA) is 47.9 Å². The zero-order valence-corrected chi connectivity index (χ0v) is 15.8. The number of hydrogen-bond donors (Lipinski definition) is 1. The first-order valence-electron chi connectivity index (χ1n) is 8.29. The highest BCUT2D eigenvalue weighted by Crippen LogP contribution is 2.37. The molecule has 1 saturated heterocycles. The Kier molecular flexibility index (Phi) is 5.88. The second kappa shape index (κ2) is 6.46. The average molecular weight is 311 g/mol. The Morgan fingerprint density at radius 1 is 1.09 bits per heavy atom. The number of aliphatic hydroxyl groups is 1. The first-order valence-corrected chi connectivity index (χ1v) is 8.29. The van der Waals surface area contributed by atoms with E-state index >= 15 is 0 Å². The maximum Gasteiger partial charge on any atom is 0.439 e. The molecule has 1 heterocycles. The Morgan fingerprint density at radius 3 is 1.95 bits per heavy atom. The fourth-order valence-corrected chi connectivity index (χ4v) is 2.17. The van der Waals surface area contributed by atoms with E-state index < -0.39 is 18.2 Å². The molecule has 0 aromatic carbocycles. The molecule has 1 radical (unpaired) electrons. The van der Waals surface area contributed by atoms with E-state index in [2.05, 4.69) is 13.8 Å². The van der Waals surface area contributed by atoms with Crippen molar-refractivity contribution < 1.29 is 19.1 Å². The molecule has 1 fully saturated rings. The van der Waals surface area contributed by atoms with Crippen LogP contribution in [-0.4, -0.2) is 41.9 Å². The first kappa shape index (κ1) is 20.0. The quantitative estimate of drug-likeness (QED) is 0.734. The van der Waals surface area contributed by atoms with Gasteiger partial charge in [0.2, 0.25) is 0 Å². The summed E-state index contributed by atoms with van der Waals surface area (Å²) in [5, 5.41) is 10.7. The Labute approximate surface area is 137 Å². The van der Waals surface area contributed by atoms with Crippen LogP contribution in [-0.2, 0) is 14.0 Å². The molecule has 4 nitrogen and oxygen atoms in total. The second-order valence-electron chi connectivity index (χ2n) is 8.60. The van der Waals surface area contributed by atoms with Gasteiger partial charge in [-0.25, -0.2) is 0 Å². The molecule has 0 amide bonds. The molecule has 0 aromatic rings. The lowest BCUT2D eigenvalue weighted by atomic mass is 9.55. The van der Waals surface area contributed by atoms with E-state index in [1.165, 1.54) is 0 Å². The third-order valence-electron chi connectivity index (χ3n) is 5.25. The highest BCUT2D eigenvalue weighted by atomic mass is 16.7. The minimum Gasteiger partial charge on any atom is -0.435 e. The van der Waals surface area contributed by atoms with Crippen LogP contribution in [0.25, 0.3) is 0 Å². The minimum absolute atomic E-state index is 0.387. The summed E-state index contributed by atoms with van der Waals surface area (Å²) in [6, 6.07) is 0. The summed E-state index contributed by atoms with van der Waals surface area (Å²) in [5.74, 6) is 0.550. The molecule has 1 N–H and O–H groups in total. The smallest absolute Gasteiger partial charge is 0.435 e. The second-order valence-corrected chi connectivity index (χ2v) is 8.60. The van der Waals surface area contributed by atoms with Crippen molar-refractivity contribution in [1.82, 2.24) is 0 Å². The van der Waals surface area contributed by atoms with Crippen LogP contribution in [0.1, 0.15) is 75.2 Å². The third kappa shape index (κ3) is 4.50. The first-order chi connectivity index (χ1) is 9.70. The maximum atomic E-state index is 10.7. The third-order valence-corrected chi connectivity index (χ3v) is 5.25. The van der Waals surface area contributed by atoms with Crippen molar-refractivity contribution in [2.24, 2.45) is 5.92 Å². The fraction of sp³-hybridized carbons (Fsp3) is 1.00. The van der Waals surface area contributed by atoms with E-state index in [0.29, 0.717) is 12.3 Å². The van der Waals surface area contributed by atoms with Gasteiger partial charge in [-0.15, -0.1) is 0 Å². The molecule has 1 aliphatic heterocycles. The zero-order valence-electron chi connectivity index (χ0n) is 15.8. The van der Waals surface area contributed by atoms with Gasteiger partial charge >= 0.3 is 14.4 Å². The van der Waals surface area contributed by atoms with E-state index in [0.717, 1.165) is 6.42 Å². The summed E-state index contributed by atoms with van der Waals surface area (Å²) >= 11 is 0. The van der Waals surface area contributed by atoms with Crippen molar-refractivity contribution in [1.29, 1.82) is 0 Å². The Balaban J connectivity index is 2.59. The molecule has 1 rings (SSSR count). The van der Waals surface area contributed by atoms with E-state index in [9.17, 15) is 5.11 Å². The molecule has 0 bridgehead atoms. The number of hydrogen-bond acceptors (Lipinski definition) is 4. The predicted molar refractivity (Wildman–Crippen MR) is 91.7 cm³/mol. The maximum absolute atomic E-state index is 10.7. The van der Waals surface area contributed by atoms with Gasteiger partial charge in [-0.1, -0.05) is 13.8 Å². The molecule has 22 heavy (non-hydrogen) atoms. The van der Waals surface area contributed by atoms with E-state index in [1.807, 2.05) is 48.5 Å². The van der Waals surface area contributed by atoms with Crippen molar-refractivity contribution in [3.05, 3.63) is 0 Å². The van der Waals surface area contributed by atoms with Crippen molar-refractivity contribution in [3.8, 4) is 0 Å². The molecule has 0 saturated carbocycles. The predicted octanol–water partition coefficient (Wildman–Crippen LogP) is 3.18. The molecular weight excluding hydrogens is 278 g/mol. The molecular formula is C16H33B2O4. The lowest BCUT2D eigenvalue weighted by molar-refractivity contribution is -0.109. The SMILES string of the molecule is CC(C)CCC(C)(O)C(C)(C)O[B]B1OC(C)(C)C(C)(C)O1. The molecule has 0 aromatic heterocycles. The number of rotatable bonds is 7. The monoisotopic (exact) mass is 311 g/mol. The normalized spacial score (nSPS) is 23.7. The van der Waals surface area contributed by atoms with Crippen LogP contribution in [0.15, 0.2) is 0 Å². The largest absolute Gasteiger partial charge is 0.439 e. The van der Waals surface area contributed by atoms with Gasteiger partial charge in [-0.2, -0.15) is 0 Å². The Hall–Kier alpha value is -0.0301. The van der Waals surface area contributed by atoms with Gasteiger partial charge in [-0.05, 0) is 67.2 Å². The molecule has 1 atom stereocenters. The van der Waals surface area contributed by atoms with Gasteiger partial charge in [0.1, 0.15) is 0 Å². The van der Waals surface area contributed by atoms with Crippen molar-refractivity contribution in [2.45, 2.75) is 97.6 Å². The minimum atomic E-state index is -0.919. The Morgan fingerprint density at radius 2 is 1.55 bits per heavy atom. The summed E-state index contributed by atoms with van der Waals surface area (Å²) in [6.07, 6.45) is 1.64. The van der Waals surface area contributed by atoms with E-state index in [-0.39, 0.29) is 11.2 Å². The van der Waals surface area contributed by atoms with Gasteiger partial charge in [0, 0.05) is 0 Å². The van der Waals surface area contributed by atoms with E-state index in [4.69, 9.17) is 14.0 Å². The van der Waals surface area contributed by atoms with Crippen LogP contribution in [0, 0.1) is 5.92 Å². The summed E-state index contributed by atoms with van der Waals surface area (Å²) < 4.78 is 17.6. The standard InChI is InChI=1S/C16H33B2O4/c1-12(2)10-11-16(9,19)15(7,8)20-17-18-21-13(3,4)14(5,6)22-18/h12,19H,10-11H2,1-9H3. The summed E-state index contributed by atoms with van der Waals surface area (Å²) in [6.45, 7) is 17.9. The molecule has 1 aliphatic rings. The Bertz CT molecular complexity index is 362. The van der Waals surface area contributed by atoms with Crippen LogP contribution in [0.2, 0.25) is 0 Å². The van der Waals surface area contributed by atoms with Crippen LogP contribution in [0.5, 0.6) is 0 Å². The molecule has 0 spiro atoms. The summed E-state index contributed by atoms with van der Waals surface area (Å²) in [5.41, 5.74) is -2.41. The molecule has 0 aliphatic carbocycles. The highest BCUT2D eigenvalue weighted by molar-refractivity contribution is 7.03. The van der Waals surface area contributed by atoms with Gasteiger partial charge in [0.25, 0.3) is 0 Å². The van der Waals surface area contributed by atoms with Crippen LogP contribution < -0.4 is 0 Å². The fourth-order valence-electron chi connectivity index (χ4n) is 2.17. The summed E-state index contributed by atoms with van der Waals surface area (Å²) in [7, 11) is 1.05. The lowest BCUT2D eigenvalue weighted by Gasteiger charge is -2.41. The molecule has 127 valence electrons. The van der Waals surface area contributed by atoms with Gasteiger partial charge in [0.05, 0.1) is 22.4 Å². The van der Waals surface area contributed by atoms with Crippen molar-refractivity contribution >= 4 is 14.4 Å². The van der Waals surface area contributed by atoms with Crippen LogP contribution in [0.4, 0.5) is 0 Å². The van der Waals surface area contributed by atoms with Gasteiger partial charge < -0.3 is 19.1 Å². The van der Waals surface area contributed by atoms with Crippen LogP contribution in [0.3, 0.4) is 0 Å². The zero-order chi connectivity index (χ0) is 17.4. The van der Waals surface area contributed by atoms with Crippen molar-refractivity contribution in [2.75, 3.05) is 0 Å². The average Bonchev–Trinajstić information content (AvgIpc) is 2.53. The molecule has 1 unspecified atom stereocenters. The van der Waals surface area contributed by atoms with Gasteiger partial charge in [-0.3, -0.25) is 0 Å². The van der Waals surface area contributed by atoms with Crippen LogP contribution >= 0.6 is 0 Å². The lowest BCUT2D eigenvalue weighted by Crippen LogP contribution is -2.52. The van der Waals surface area contributed by atoms with E-state index in [1.54, 1.807) is 7.37 Å². The summed E-state index contributed by atoms with van der Waals surface area (Å²) in [4.78, 5) is 0. The highest BCUT2D eigenvalue weighted by Gasteiger charge is 2.52. The van der Waals surface area contributed by atoms with Gasteiger partial charge in [0.15, 0.2) is 0 Å². The molecule has 6 heteroatoms. The van der Waals surface area contributed by atoms with Crippen molar-refractivity contribution in [3.63, 3.8) is 0 Å².